The second-order valence-electron chi connectivity index (χ2n) is 8.00. The van der Waals surface area contributed by atoms with Crippen molar-refractivity contribution in [1.82, 2.24) is 4.90 Å². The van der Waals surface area contributed by atoms with E-state index >= 15 is 0 Å². The average molecular weight is 440 g/mol. The highest BCUT2D eigenvalue weighted by molar-refractivity contribution is 6.32. The Labute approximate surface area is 179 Å². The minimum Gasteiger partial charge on any atom is -0.481 e. The van der Waals surface area contributed by atoms with Crippen molar-refractivity contribution in [3.8, 4) is 5.75 Å². The molecule has 162 valence electrons. The number of morpholine rings is 1. The number of hydrogen-bond donors (Lipinski definition) is 0. The van der Waals surface area contributed by atoms with E-state index in [4.69, 9.17) is 25.8 Å². The average Bonchev–Trinajstić information content (AvgIpc) is 2.66. The van der Waals surface area contributed by atoms with Gasteiger partial charge in [-0.1, -0.05) is 23.7 Å². The third kappa shape index (κ3) is 5.83. The first-order valence-corrected chi connectivity index (χ1v) is 9.97. The Morgan fingerprint density at radius 2 is 1.93 bits per heavy atom. The van der Waals surface area contributed by atoms with Crippen LogP contribution in [0.2, 0.25) is 5.02 Å². The van der Waals surface area contributed by atoms with Crippen molar-refractivity contribution in [2.75, 3.05) is 19.7 Å². The maximum Gasteiger partial charge on any atom is 0.410 e. The number of halogens is 3. The molecule has 2 aromatic carbocycles. The molecule has 2 aromatic rings. The third-order valence-corrected chi connectivity index (χ3v) is 4.70. The summed E-state index contributed by atoms with van der Waals surface area (Å²) >= 11 is 6.12. The largest absolute Gasteiger partial charge is 0.481 e. The van der Waals surface area contributed by atoms with Crippen LogP contribution in [0.5, 0.6) is 5.75 Å². The number of carbonyl (C=O) groups is 1. The number of carbonyl (C=O) groups excluding carboxylic acids is 1. The Balaban J connectivity index is 1.86. The second-order valence-corrected chi connectivity index (χ2v) is 8.41. The van der Waals surface area contributed by atoms with Gasteiger partial charge in [0.1, 0.15) is 29.1 Å². The van der Waals surface area contributed by atoms with Crippen molar-refractivity contribution in [2.45, 2.75) is 38.6 Å². The minimum absolute atomic E-state index is 0.0798. The molecule has 30 heavy (non-hydrogen) atoms. The summed E-state index contributed by atoms with van der Waals surface area (Å²) in [5, 5.41) is 0.0798. The quantitative estimate of drug-likeness (QED) is 0.642. The van der Waals surface area contributed by atoms with E-state index in [2.05, 4.69) is 0 Å². The summed E-state index contributed by atoms with van der Waals surface area (Å²) in [5.74, 6) is -0.712. The molecule has 1 heterocycles. The first-order chi connectivity index (χ1) is 14.1. The maximum atomic E-state index is 13.9. The van der Waals surface area contributed by atoms with Crippen LogP contribution in [0.1, 0.15) is 32.4 Å². The summed E-state index contributed by atoms with van der Waals surface area (Å²) in [6, 6.07) is 9.66. The number of nitrogens with zero attached hydrogens (tertiary/aromatic N) is 1. The molecule has 0 aromatic heterocycles. The molecule has 8 heteroatoms. The summed E-state index contributed by atoms with van der Waals surface area (Å²) < 4.78 is 44.7. The van der Waals surface area contributed by atoms with Gasteiger partial charge in [-0.3, -0.25) is 0 Å². The summed E-state index contributed by atoms with van der Waals surface area (Å²) in [6.07, 6.45) is -1.86. The van der Waals surface area contributed by atoms with Gasteiger partial charge in [0.25, 0.3) is 0 Å². The first kappa shape index (κ1) is 22.3. The molecule has 3 rings (SSSR count). The second kappa shape index (κ2) is 9.18. The van der Waals surface area contributed by atoms with Crippen molar-refractivity contribution in [2.24, 2.45) is 0 Å². The van der Waals surface area contributed by atoms with Crippen LogP contribution in [0, 0.1) is 11.6 Å². The van der Waals surface area contributed by atoms with Gasteiger partial charge in [0, 0.05) is 6.54 Å². The van der Waals surface area contributed by atoms with Gasteiger partial charge in [0.15, 0.2) is 6.10 Å². The molecule has 0 radical (unpaired) electrons. The lowest BCUT2D eigenvalue weighted by atomic mass is 10.0. The van der Waals surface area contributed by atoms with Crippen LogP contribution in [0.4, 0.5) is 13.6 Å². The van der Waals surface area contributed by atoms with Gasteiger partial charge in [-0.25, -0.2) is 13.6 Å². The molecule has 2 atom stereocenters. The highest BCUT2D eigenvalue weighted by Gasteiger charge is 2.35. The van der Waals surface area contributed by atoms with Crippen molar-refractivity contribution in [3.05, 3.63) is 64.7 Å². The predicted octanol–water partition coefficient (Wildman–Crippen LogP) is 5.37. The predicted molar refractivity (Wildman–Crippen MR) is 109 cm³/mol. The molecule has 0 bridgehead atoms. The lowest BCUT2D eigenvalue weighted by molar-refractivity contribution is -0.0837. The van der Waals surface area contributed by atoms with E-state index < -0.39 is 35.5 Å². The van der Waals surface area contributed by atoms with Crippen molar-refractivity contribution >= 4 is 17.7 Å². The maximum absolute atomic E-state index is 13.9. The fourth-order valence-corrected chi connectivity index (χ4v) is 3.31. The van der Waals surface area contributed by atoms with Crippen LogP contribution in [0.3, 0.4) is 0 Å². The monoisotopic (exact) mass is 439 g/mol. The number of benzene rings is 2. The summed E-state index contributed by atoms with van der Waals surface area (Å²) in [7, 11) is 0. The van der Waals surface area contributed by atoms with E-state index in [1.54, 1.807) is 32.9 Å². The van der Waals surface area contributed by atoms with E-state index in [1.807, 2.05) is 0 Å². The molecule has 1 aliphatic rings. The zero-order valence-corrected chi connectivity index (χ0v) is 17.8. The van der Waals surface area contributed by atoms with Crippen LogP contribution in [-0.2, 0) is 9.47 Å². The van der Waals surface area contributed by atoms with Crippen LogP contribution < -0.4 is 4.74 Å². The molecule has 0 spiro atoms. The normalized spacial score (nSPS) is 18.1. The Morgan fingerprint density at radius 1 is 1.20 bits per heavy atom. The van der Waals surface area contributed by atoms with Gasteiger partial charge in [-0.15, -0.1) is 0 Å². The summed E-state index contributed by atoms with van der Waals surface area (Å²) in [6.45, 7) is 6.16. The Kier molecular flexibility index (Phi) is 6.83. The Bertz CT molecular complexity index is 903. The standard InChI is InChI=1S/C22H24ClF2NO4/c1-22(2,3)30-21(27)26-9-10-28-19(13-26)20(14-5-4-6-15(24)11-14)29-18-8-7-16(25)12-17(18)23/h4-8,11-12,19-20H,9-10,13H2,1-3H3/t19-,20-/m0/s1. The topological polar surface area (TPSA) is 48.0 Å². The number of ether oxygens (including phenoxy) is 3. The van der Waals surface area contributed by atoms with Crippen LogP contribution >= 0.6 is 11.6 Å². The van der Waals surface area contributed by atoms with Crippen LogP contribution in [0.25, 0.3) is 0 Å². The molecule has 0 N–H and O–H groups in total. The first-order valence-electron chi connectivity index (χ1n) is 9.59. The van der Waals surface area contributed by atoms with Gasteiger partial charge >= 0.3 is 6.09 Å². The van der Waals surface area contributed by atoms with E-state index in [1.165, 1.54) is 29.2 Å². The molecular formula is C22H24ClF2NO4. The molecule has 0 aliphatic carbocycles. The number of hydrogen-bond acceptors (Lipinski definition) is 4. The molecule has 1 saturated heterocycles. The zero-order chi connectivity index (χ0) is 21.9. The van der Waals surface area contributed by atoms with E-state index in [-0.39, 0.29) is 23.9 Å². The van der Waals surface area contributed by atoms with Crippen LogP contribution in [0.15, 0.2) is 42.5 Å². The van der Waals surface area contributed by atoms with Crippen molar-refractivity contribution in [3.63, 3.8) is 0 Å². The molecule has 1 fully saturated rings. The van der Waals surface area contributed by atoms with Gasteiger partial charge in [0.05, 0.1) is 18.2 Å². The summed E-state index contributed by atoms with van der Waals surface area (Å²) in [5.41, 5.74) is -0.128. The molecule has 5 nitrogen and oxygen atoms in total. The molecule has 1 amide bonds. The van der Waals surface area contributed by atoms with Gasteiger partial charge in [-0.2, -0.15) is 0 Å². The van der Waals surface area contributed by atoms with Gasteiger partial charge in [-0.05, 0) is 56.7 Å². The number of amides is 1. The van der Waals surface area contributed by atoms with Gasteiger partial charge in [0.2, 0.25) is 0 Å². The fourth-order valence-electron chi connectivity index (χ4n) is 3.10. The fraction of sp³-hybridized carbons (Fsp3) is 0.409. The lowest BCUT2D eigenvalue weighted by Crippen LogP contribution is -2.50. The van der Waals surface area contributed by atoms with E-state index in [0.29, 0.717) is 12.1 Å². The summed E-state index contributed by atoms with van der Waals surface area (Å²) in [4.78, 5) is 14.0. The Hall–Kier alpha value is -2.38. The Morgan fingerprint density at radius 3 is 2.60 bits per heavy atom. The van der Waals surface area contributed by atoms with Crippen molar-refractivity contribution < 1.29 is 27.8 Å². The SMILES string of the molecule is CC(C)(C)OC(=O)N1CCO[C@H]([C@@H](Oc2ccc(F)cc2Cl)c2cccc(F)c2)C1. The smallest absolute Gasteiger partial charge is 0.410 e. The third-order valence-electron chi connectivity index (χ3n) is 4.41. The highest BCUT2D eigenvalue weighted by atomic mass is 35.5. The van der Waals surface area contributed by atoms with E-state index in [0.717, 1.165) is 6.07 Å². The lowest BCUT2D eigenvalue weighted by Gasteiger charge is -2.37. The molecule has 0 unspecified atom stereocenters. The van der Waals surface area contributed by atoms with Gasteiger partial charge < -0.3 is 19.1 Å². The molecule has 1 aliphatic heterocycles. The van der Waals surface area contributed by atoms with Crippen molar-refractivity contribution in [1.29, 1.82) is 0 Å². The highest BCUT2D eigenvalue weighted by Crippen LogP contribution is 2.33. The number of rotatable bonds is 4. The minimum atomic E-state index is -0.783. The zero-order valence-electron chi connectivity index (χ0n) is 17.0. The van der Waals surface area contributed by atoms with E-state index in [9.17, 15) is 13.6 Å². The molecular weight excluding hydrogens is 416 g/mol. The molecule has 0 saturated carbocycles. The van der Waals surface area contributed by atoms with Crippen LogP contribution in [-0.4, -0.2) is 42.4 Å².